The summed E-state index contributed by atoms with van der Waals surface area (Å²) in [6, 6.07) is 7.09. The molecule has 0 aliphatic carbocycles. The van der Waals surface area contributed by atoms with Gasteiger partial charge in [0, 0.05) is 13.1 Å². The molecule has 2 rings (SSSR count). The third-order valence-corrected chi connectivity index (χ3v) is 2.57. The molecule has 0 bridgehead atoms. The molecule has 1 aliphatic heterocycles. The van der Waals surface area contributed by atoms with E-state index in [1.54, 1.807) is 12.1 Å². The fourth-order valence-corrected chi connectivity index (χ4v) is 1.64. The lowest BCUT2D eigenvalue weighted by molar-refractivity contribution is -0.130. The fourth-order valence-electron chi connectivity index (χ4n) is 1.64. The number of hydrogen-bond acceptors (Lipinski definition) is 5. The van der Waals surface area contributed by atoms with Crippen LogP contribution in [0, 0.1) is 0 Å². The Kier molecular flexibility index (Phi) is 4.38. The van der Waals surface area contributed by atoms with Gasteiger partial charge in [0.15, 0.2) is 6.61 Å². The van der Waals surface area contributed by atoms with Gasteiger partial charge in [-0.2, -0.15) is 0 Å². The van der Waals surface area contributed by atoms with Gasteiger partial charge in [0.1, 0.15) is 5.75 Å². The first-order valence-corrected chi connectivity index (χ1v) is 5.85. The molecular weight excluding hydrogens is 234 g/mol. The second kappa shape index (κ2) is 6.23. The van der Waals surface area contributed by atoms with Crippen molar-refractivity contribution in [2.45, 2.75) is 0 Å². The van der Waals surface area contributed by atoms with Crippen LogP contribution in [0.4, 0.5) is 5.69 Å². The summed E-state index contributed by atoms with van der Waals surface area (Å²) in [5.74, 6) is 0.329. The van der Waals surface area contributed by atoms with Gasteiger partial charge in [-0.15, -0.1) is 0 Å². The predicted octanol–water partition coefficient (Wildman–Crippen LogP) is 0.0110. The Labute approximate surface area is 106 Å². The number of hydrogen-bond donors (Lipinski definition) is 2. The molecule has 0 spiro atoms. The highest BCUT2D eigenvalue weighted by Crippen LogP contribution is 2.19. The number of rotatable bonds is 4. The molecule has 1 saturated heterocycles. The standard InChI is InChI=1S/C12H17N3O3/c13-10-3-1-2-4-11(10)18-9-12(16)14-15-5-7-17-8-6-15/h1-4H,5-9,13H2,(H,14,16). The van der Waals surface area contributed by atoms with Crippen LogP contribution in [0.15, 0.2) is 24.3 Å². The Morgan fingerprint density at radius 2 is 2.11 bits per heavy atom. The van der Waals surface area contributed by atoms with E-state index in [9.17, 15) is 4.79 Å². The molecule has 98 valence electrons. The zero-order valence-electron chi connectivity index (χ0n) is 10.1. The monoisotopic (exact) mass is 251 g/mol. The molecule has 6 heteroatoms. The number of carbonyl (C=O) groups is 1. The first-order valence-electron chi connectivity index (χ1n) is 5.85. The Morgan fingerprint density at radius 1 is 1.39 bits per heavy atom. The molecule has 3 N–H and O–H groups in total. The van der Waals surface area contributed by atoms with Gasteiger partial charge < -0.3 is 15.2 Å². The van der Waals surface area contributed by atoms with E-state index in [1.807, 2.05) is 17.1 Å². The number of hydrazine groups is 1. The molecule has 1 aromatic rings. The number of anilines is 1. The van der Waals surface area contributed by atoms with Crippen molar-refractivity contribution in [1.29, 1.82) is 0 Å². The summed E-state index contributed by atoms with van der Waals surface area (Å²) in [5.41, 5.74) is 8.99. The van der Waals surface area contributed by atoms with E-state index in [2.05, 4.69) is 5.43 Å². The zero-order chi connectivity index (χ0) is 12.8. The molecule has 18 heavy (non-hydrogen) atoms. The molecule has 1 aliphatic rings. The quantitative estimate of drug-likeness (QED) is 0.737. The number of morpholine rings is 1. The highest BCUT2D eigenvalue weighted by molar-refractivity contribution is 5.77. The first-order chi connectivity index (χ1) is 8.75. The molecule has 6 nitrogen and oxygen atoms in total. The average Bonchev–Trinajstić information content (AvgIpc) is 2.39. The van der Waals surface area contributed by atoms with Crippen LogP contribution in [-0.2, 0) is 9.53 Å². The van der Waals surface area contributed by atoms with Gasteiger partial charge in [-0.25, -0.2) is 5.01 Å². The highest BCUT2D eigenvalue weighted by Gasteiger charge is 2.13. The molecule has 1 heterocycles. The number of nitrogen functional groups attached to an aromatic ring is 1. The van der Waals surface area contributed by atoms with E-state index >= 15 is 0 Å². The Morgan fingerprint density at radius 3 is 2.83 bits per heavy atom. The van der Waals surface area contributed by atoms with Crippen LogP contribution in [0.2, 0.25) is 0 Å². The van der Waals surface area contributed by atoms with Gasteiger partial charge in [0.2, 0.25) is 0 Å². The Hall–Kier alpha value is -1.79. The molecule has 0 aromatic heterocycles. The summed E-state index contributed by atoms with van der Waals surface area (Å²) in [7, 11) is 0. The van der Waals surface area contributed by atoms with Crippen LogP contribution in [0.3, 0.4) is 0 Å². The van der Waals surface area contributed by atoms with E-state index in [4.69, 9.17) is 15.2 Å². The lowest BCUT2D eigenvalue weighted by atomic mass is 10.3. The van der Waals surface area contributed by atoms with Crippen molar-refractivity contribution in [2.75, 3.05) is 38.6 Å². The summed E-state index contributed by atoms with van der Waals surface area (Å²) < 4.78 is 10.5. The van der Waals surface area contributed by atoms with Crippen LogP contribution in [-0.4, -0.2) is 43.8 Å². The highest BCUT2D eigenvalue weighted by atomic mass is 16.5. The van der Waals surface area contributed by atoms with Crippen LogP contribution >= 0.6 is 0 Å². The Bertz CT molecular complexity index is 405. The smallest absolute Gasteiger partial charge is 0.272 e. The normalized spacial score (nSPS) is 16.2. The molecule has 1 amide bonds. The third kappa shape index (κ3) is 3.61. The molecule has 1 aromatic carbocycles. The van der Waals surface area contributed by atoms with Gasteiger partial charge >= 0.3 is 0 Å². The van der Waals surface area contributed by atoms with Crippen molar-refractivity contribution in [3.63, 3.8) is 0 Å². The van der Waals surface area contributed by atoms with E-state index < -0.39 is 0 Å². The molecular formula is C12H17N3O3. The van der Waals surface area contributed by atoms with Crippen molar-refractivity contribution in [3.8, 4) is 5.75 Å². The summed E-state index contributed by atoms with van der Waals surface area (Å²) in [6.45, 7) is 2.60. The largest absolute Gasteiger partial charge is 0.482 e. The maximum absolute atomic E-state index is 11.6. The van der Waals surface area contributed by atoms with Gasteiger partial charge in [-0.1, -0.05) is 12.1 Å². The lowest BCUT2D eigenvalue weighted by Gasteiger charge is -2.26. The summed E-state index contributed by atoms with van der Waals surface area (Å²) in [4.78, 5) is 11.6. The van der Waals surface area contributed by atoms with E-state index in [0.29, 0.717) is 37.7 Å². The second-order valence-electron chi connectivity index (χ2n) is 3.96. The minimum absolute atomic E-state index is 0.0500. The topological polar surface area (TPSA) is 76.8 Å². The summed E-state index contributed by atoms with van der Waals surface area (Å²) in [6.07, 6.45) is 0. The maximum atomic E-state index is 11.6. The molecule has 0 unspecified atom stereocenters. The minimum Gasteiger partial charge on any atom is -0.482 e. The molecule has 1 fully saturated rings. The van der Waals surface area contributed by atoms with E-state index in [0.717, 1.165) is 0 Å². The van der Waals surface area contributed by atoms with Crippen molar-refractivity contribution in [2.24, 2.45) is 0 Å². The SMILES string of the molecule is Nc1ccccc1OCC(=O)NN1CCOCC1. The van der Waals surface area contributed by atoms with E-state index in [1.165, 1.54) is 0 Å². The van der Waals surface area contributed by atoms with Gasteiger partial charge in [-0.05, 0) is 12.1 Å². The molecule has 0 radical (unpaired) electrons. The van der Waals surface area contributed by atoms with Crippen LogP contribution in [0.1, 0.15) is 0 Å². The number of benzene rings is 1. The first kappa shape index (κ1) is 12.7. The summed E-state index contributed by atoms with van der Waals surface area (Å²) in [5, 5.41) is 1.82. The average molecular weight is 251 g/mol. The predicted molar refractivity (Wildman–Crippen MR) is 66.9 cm³/mol. The second-order valence-corrected chi connectivity index (χ2v) is 3.96. The number of carbonyl (C=O) groups excluding carboxylic acids is 1. The number of amides is 1. The van der Waals surface area contributed by atoms with Crippen LogP contribution < -0.4 is 15.9 Å². The zero-order valence-corrected chi connectivity index (χ0v) is 10.1. The van der Waals surface area contributed by atoms with Crippen molar-refractivity contribution in [3.05, 3.63) is 24.3 Å². The summed E-state index contributed by atoms with van der Waals surface area (Å²) >= 11 is 0. The van der Waals surface area contributed by atoms with Crippen LogP contribution in [0.5, 0.6) is 5.75 Å². The minimum atomic E-state index is -0.194. The van der Waals surface area contributed by atoms with E-state index in [-0.39, 0.29) is 12.5 Å². The number of nitrogens with zero attached hydrogens (tertiary/aromatic N) is 1. The van der Waals surface area contributed by atoms with Gasteiger partial charge in [-0.3, -0.25) is 10.2 Å². The maximum Gasteiger partial charge on any atom is 0.272 e. The van der Waals surface area contributed by atoms with Crippen LogP contribution in [0.25, 0.3) is 0 Å². The molecule has 0 atom stereocenters. The van der Waals surface area contributed by atoms with Gasteiger partial charge in [0.25, 0.3) is 5.91 Å². The fraction of sp³-hybridized carbons (Fsp3) is 0.417. The number of nitrogens with one attached hydrogen (secondary N) is 1. The number of para-hydroxylation sites is 2. The number of nitrogens with two attached hydrogens (primary N) is 1. The van der Waals surface area contributed by atoms with Crippen molar-refractivity contribution >= 4 is 11.6 Å². The lowest BCUT2D eigenvalue weighted by Crippen LogP contribution is -2.49. The Balaban J connectivity index is 1.76. The van der Waals surface area contributed by atoms with Crippen molar-refractivity contribution < 1.29 is 14.3 Å². The van der Waals surface area contributed by atoms with Crippen molar-refractivity contribution in [1.82, 2.24) is 10.4 Å². The number of ether oxygens (including phenoxy) is 2. The third-order valence-electron chi connectivity index (χ3n) is 2.57. The van der Waals surface area contributed by atoms with Gasteiger partial charge in [0.05, 0.1) is 18.9 Å². The molecule has 0 saturated carbocycles.